The number of hydrogen-bond donors (Lipinski definition) is 1. The van der Waals surface area contributed by atoms with Crippen LogP contribution in [-0.2, 0) is 23.6 Å². The number of nitrogens with one attached hydrogen (secondary N) is 1. The molecule has 2 aromatic heterocycles. The average Bonchev–Trinajstić information content (AvgIpc) is 3.04. The number of aromatic nitrogens is 4. The minimum Gasteiger partial charge on any atom is -0.276 e. The van der Waals surface area contributed by atoms with E-state index >= 15 is 0 Å². The van der Waals surface area contributed by atoms with Crippen LogP contribution in [0.4, 0.5) is 0 Å². The lowest BCUT2D eigenvalue weighted by molar-refractivity contribution is 0.315. The molecule has 0 saturated heterocycles. The van der Waals surface area contributed by atoms with Crippen LogP contribution in [0, 0.1) is 0 Å². The van der Waals surface area contributed by atoms with E-state index in [9.17, 15) is 8.42 Å². The fourth-order valence-electron chi connectivity index (χ4n) is 1.80. The standard InChI is InChI=1S/C11H11N5O3S/c1-16-6-5-8(13-16)7-12-20(17,18)10-4-2-3-9-11(10)15-19-14-9/h2-6,12H,7H2,1H3. The first-order chi connectivity index (χ1) is 9.56. The van der Waals surface area contributed by atoms with Gasteiger partial charge in [0.2, 0.25) is 10.0 Å². The number of sulfonamides is 1. The van der Waals surface area contributed by atoms with Gasteiger partial charge in [-0.15, -0.1) is 0 Å². The minimum absolute atomic E-state index is 0.0344. The number of hydrogen-bond acceptors (Lipinski definition) is 6. The lowest BCUT2D eigenvalue weighted by atomic mass is 10.3. The first-order valence-electron chi connectivity index (χ1n) is 5.76. The van der Waals surface area contributed by atoms with Crippen molar-refractivity contribution in [3.8, 4) is 0 Å². The molecule has 104 valence electrons. The Balaban J connectivity index is 1.90. The topological polar surface area (TPSA) is 103 Å². The number of fused-ring (bicyclic) bond motifs is 1. The van der Waals surface area contributed by atoms with Gasteiger partial charge in [-0.1, -0.05) is 6.07 Å². The zero-order valence-corrected chi connectivity index (χ0v) is 11.3. The summed E-state index contributed by atoms with van der Waals surface area (Å²) in [6.07, 6.45) is 1.74. The summed E-state index contributed by atoms with van der Waals surface area (Å²) in [4.78, 5) is 0.0344. The Bertz CT molecular complexity index is 852. The lowest BCUT2D eigenvalue weighted by Gasteiger charge is -2.05. The van der Waals surface area contributed by atoms with E-state index in [1.54, 1.807) is 36.1 Å². The van der Waals surface area contributed by atoms with E-state index < -0.39 is 10.0 Å². The van der Waals surface area contributed by atoms with Gasteiger partial charge in [0.1, 0.15) is 10.4 Å². The van der Waals surface area contributed by atoms with Crippen LogP contribution in [0.15, 0.2) is 40.0 Å². The zero-order chi connectivity index (χ0) is 14.2. The van der Waals surface area contributed by atoms with E-state index in [0.29, 0.717) is 11.2 Å². The van der Waals surface area contributed by atoms with Crippen LogP contribution >= 0.6 is 0 Å². The van der Waals surface area contributed by atoms with Gasteiger partial charge in [0, 0.05) is 13.2 Å². The van der Waals surface area contributed by atoms with Crippen LogP contribution in [0.25, 0.3) is 11.0 Å². The molecule has 8 nitrogen and oxygen atoms in total. The van der Waals surface area contributed by atoms with Gasteiger partial charge in [0.05, 0.1) is 12.2 Å². The van der Waals surface area contributed by atoms with Gasteiger partial charge in [-0.3, -0.25) is 4.68 Å². The van der Waals surface area contributed by atoms with Crippen LogP contribution in [0.3, 0.4) is 0 Å². The van der Waals surface area contributed by atoms with Crippen molar-refractivity contribution in [3.05, 3.63) is 36.2 Å². The summed E-state index contributed by atoms with van der Waals surface area (Å²) in [6, 6.07) is 6.40. The Kier molecular flexibility index (Phi) is 2.99. The normalized spacial score (nSPS) is 12.1. The van der Waals surface area contributed by atoms with Gasteiger partial charge in [0.25, 0.3) is 0 Å². The van der Waals surface area contributed by atoms with Crippen LogP contribution in [-0.4, -0.2) is 28.5 Å². The number of aryl methyl sites for hydroxylation is 1. The van der Waals surface area contributed by atoms with Crippen molar-refractivity contribution in [2.24, 2.45) is 7.05 Å². The molecule has 3 aromatic rings. The molecule has 0 aliphatic rings. The summed E-state index contributed by atoms with van der Waals surface area (Å²) in [6.45, 7) is 0.102. The van der Waals surface area contributed by atoms with Crippen LogP contribution in [0.2, 0.25) is 0 Å². The second-order valence-electron chi connectivity index (χ2n) is 4.19. The third kappa shape index (κ3) is 2.28. The van der Waals surface area contributed by atoms with Gasteiger partial charge in [0.15, 0.2) is 5.52 Å². The summed E-state index contributed by atoms with van der Waals surface area (Å²) < 4.78 is 33.2. The van der Waals surface area contributed by atoms with E-state index in [1.165, 1.54) is 6.07 Å². The second kappa shape index (κ2) is 4.69. The van der Waals surface area contributed by atoms with Gasteiger partial charge >= 0.3 is 0 Å². The van der Waals surface area contributed by atoms with E-state index in [-0.39, 0.29) is 17.0 Å². The highest BCUT2D eigenvalue weighted by Crippen LogP contribution is 2.19. The molecule has 0 atom stereocenters. The van der Waals surface area contributed by atoms with Crippen molar-refractivity contribution < 1.29 is 13.0 Å². The summed E-state index contributed by atoms with van der Waals surface area (Å²) >= 11 is 0. The first kappa shape index (κ1) is 12.8. The molecule has 2 heterocycles. The number of benzene rings is 1. The molecule has 0 spiro atoms. The van der Waals surface area contributed by atoms with Gasteiger partial charge in [-0.25, -0.2) is 17.8 Å². The Morgan fingerprint density at radius 2 is 2.15 bits per heavy atom. The smallest absolute Gasteiger partial charge is 0.243 e. The Labute approximate surface area is 114 Å². The zero-order valence-electron chi connectivity index (χ0n) is 10.5. The maximum atomic E-state index is 12.3. The highest BCUT2D eigenvalue weighted by molar-refractivity contribution is 7.89. The SMILES string of the molecule is Cn1ccc(CNS(=O)(=O)c2cccc3nonc23)n1. The Morgan fingerprint density at radius 1 is 1.30 bits per heavy atom. The third-order valence-electron chi connectivity index (χ3n) is 2.75. The number of rotatable bonds is 4. The van der Waals surface area contributed by atoms with Crippen molar-refractivity contribution in [1.29, 1.82) is 0 Å². The second-order valence-corrected chi connectivity index (χ2v) is 5.93. The highest BCUT2D eigenvalue weighted by atomic mass is 32.2. The molecule has 9 heteroatoms. The molecular weight excluding hydrogens is 282 g/mol. The maximum absolute atomic E-state index is 12.3. The minimum atomic E-state index is -3.71. The van der Waals surface area contributed by atoms with Crippen LogP contribution in [0.1, 0.15) is 5.69 Å². The maximum Gasteiger partial charge on any atom is 0.243 e. The van der Waals surface area contributed by atoms with E-state index in [0.717, 1.165) is 0 Å². The molecule has 0 amide bonds. The van der Waals surface area contributed by atoms with E-state index in [2.05, 4.69) is 24.8 Å². The largest absolute Gasteiger partial charge is 0.276 e. The molecule has 1 N–H and O–H groups in total. The van der Waals surface area contributed by atoms with Gasteiger partial charge in [-0.05, 0) is 28.5 Å². The fraction of sp³-hybridized carbons (Fsp3) is 0.182. The molecule has 0 aliphatic carbocycles. The summed E-state index contributed by atoms with van der Waals surface area (Å²) in [7, 11) is -1.94. The van der Waals surface area contributed by atoms with Crippen molar-refractivity contribution in [1.82, 2.24) is 24.8 Å². The quantitative estimate of drug-likeness (QED) is 0.748. The molecule has 0 radical (unpaired) electrons. The number of nitrogens with zero attached hydrogens (tertiary/aromatic N) is 4. The predicted molar refractivity (Wildman–Crippen MR) is 69.0 cm³/mol. The highest BCUT2D eigenvalue weighted by Gasteiger charge is 2.20. The monoisotopic (exact) mass is 293 g/mol. The third-order valence-corrected chi connectivity index (χ3v) is 4.18. The summed E-state index contributed by atoms with van der Waals surface area (Å²) in [5, 5.41) is 11.3. The average molecular weight is 293 g/mol. The molecule has 0 saturated carbocycles. The van der Waals surface area contributed by atoms with E-state index in [1.807, 2.05) is 0 Å². The van der Waals surface area contributed by atoms with Crippen LogP contribution in [0.5, 0.6) is 0 Å². The molecule has 1 aromatic carbocycles. The lowest BCUT2D eigenvalue weighted by Crippen LogP contribution is -2.23. The van der Waals surface area contributed by atoms with Crippen molar-refractivity contribution in [2.75, 3.05) is 0 Å². The molecule has 20 heavy (non-hydrogen) atoms. The van der Waals surface area contributed by atoms with E-state index in [4.69, 9.17) is 0 Å². The Hall–Kier alpha value is -2.26. The van der Waals surface area contributed by atoms with Crippen molar-refractivity contribution >= 4 is 21.1 Å². The van der Waals surface area contributed by atoms with Crippen molar-refractivity contribution in [2.45, 2.75) is 11.4 Å². The Morgan fingerprint density at radius 3 is 2.90 bits per heavy atom. The first-order valence-corrected chi connectivity index (χ1v) is 7.24. The fourth-order valence-corrected chi connectivity index (χ4v) is 2.95. The van der Waals surface area contributed by atoms with Crippen LogP contribution < -0.4 is 4.72 Å². The van der Waals surface area contributed by atoms with Gasteiger partial charge in [-0.2, -0.15) is 5.10 Å². The molecule has 0 unspecified atom stereocenters. The summed E-state index contributed by atoms with van der Waals surface area (Å²) in [5.41, 5.74) is 1.23. The van der Waals surface area contributed by atoms with Crippen molar-refractivity contribution in [3.63, 3.8) is 0 Å². The van der Waals surface area contributed by atoms with Gasteiger partial charge < -0.3 is 0 Å². The molecular formula is C11H11N5O3S. The molecule has 3 rings (SSSR count). The molecule has 0 bridgehead atoms. The molecule has 0 aliphatic heterocycles. The summed E-state index contributed by atoms with van der Waals surface area (Å²) in [5.74, 6) is 0. The molecule has 0 fully saturated rings. The predicted octanol–water partition coefficient (Wildman–Crippen LogP) is 0.435.